The van der Waals surface area contributed by atoms with Crippen LogP contribution in [0.5, 0.6) is 0 Å². The highest BCUT2D eigenvalue weighted by Crippen LogP contribution is 2.35. The number of nitrogens with two attached hydrogens (primary N) is 1. The van der Waals surface area contributed by atoms with Crippen molar-refractivity contribution in [3.05, 3.63) is 18.2 Å². The molecule has 1 aromatic heterocycles. The van der Waals surface area contributed by atoms with E-state index in [1.165, 1.54) is 6.07 Å². The molecule has 9 heteroatoms. The molecule has 2 rings (SSSR count). The molecule has 1 amide bonds. The van der Waals surface area contributed by atoms with Gasteiger partial charge in [-0.05, 0) is 65.5 Å². The lowest BCUT2D eigenvalue weighted by Crippen LogP contribution is -2.45. The van der Waals surface area contributed by atoms with Crippen LogP contribution in [-0.2, 0) is 14.8 Å². The van der Waals surface area contributed by atoms with E-state index >= 15 is 0 Å². The van der Waals surface area contributed by atoms with Gasteiger partial charge in [0, 0.05) is 18.6 Å². The number of ether oxygens (including phenoxy) is 1. The monoisotopic (exact) mass is 398 g/mol. The maximum atomic E-state index is 12.5. The number of nitrogens with one attached hydrogen (secondary N) is 1. The van der Waals surface area contributed by atoms with Gasteiger partial charge in [-0.15, -0.1) is 0 Å². The first-order valence-corrected chi connectivity index (χ1v) is 10.6. The predicted octanol–water partition coefficient (Wildman–Crippen LogP) is 2.57. The molecular weight excluding hydrogens is 368 g/mol. The lowest BCUT2D eigenvalue weighted by Gasteiger charge is -2.33. The highest BCUT2D eigenvalue weighted by Gasteiger charge is 2.42. The molecule has 0 bridgehead atoms. The Bertz CT molecular complexity index is 787. The summed E-state index contributed by atoms with van der Waals surface area (Å²) in [5.41, 5.74) is -0.786. The summed E-state index contributed by atoms with van der Waals surface area (Å²) in [5.74, 6) is 0.782. The Hall–Kier alpha value is -1.87. The van der Waals surface area contributed by atoms with Crippen LogP contribution in [0.2, 0.25) is 0 Å². The van der Waals surface area contributed by atoms with Gasteiger partial charge in [-0.25, -0.2) is 23.3 Å². The van der Waals surface area contributed by atoms with Gasteiger partial charge in [-0.1, -0.05) is 6.07 Å². The van der Waals surface area contributed by atoms with Crippen LogP contribution in [-0.4, -0.2) is 48.6 Å². The van der Waals surface area contributed by atoms with E-state index in [9.17, 15) is 13.2 Å². The number of primary sulfonamides is 1. The molecule has 27 heavy (non-hydrogen) atoms. The Labute approximate surface area is 161 Å². The van der Waals surface area contributed by atoms with Crippen molar-refractivity contribution in [3.8, 4) is 0 Å². The van der Waals surface area contributed by atoms with Crippen LogP contribution in [0.1, 0.15) is 47.5 Å². The average molecular weight is 399 g/mol. The highest BCUT2D eigenvalue weighted by atomic mass is 32.2. The Morgan fingerprint density at radius 1 is 1.41 bits per heavy atom. The topological polar surface area (TPSA) is 115 Å². The third-order valence-corrected chi connectivity index (χ3v) is 5.26. The molecule has 1 aromatic rings. The van der Waals surface area contributed by atoms with Gasteiger partial charge in [0.15, 0.2) is 5.03 Å². The van der Waals surface area contributed by atoms with Gasteiger partial charge < -0.3 is 15.0 Å². The zero-order valence-electron chi connectivity index (χ0n) is 16.7. The molecule has 1 fully saturated rings. The molecule has 152 valence electrons. The zero-order chi connectivity index (χ0) is 20.5. The molecule has 0 saturated carbocycles. The van der Waals surface area contributed by atoms with Crippen molar-refractivity contribution < 1.29 is 17.9 Å². The number of anilines is 1. The normalized spacial score (nSPS) is 19.8. The highest BCUT2D eigenvalue weighted by molar-refractivity contribution is 7.89. The Kier molecular flexibility index (Phi) is 6.06. The minimum atomic E-state index is -3.82. The largest absolute Gasteiger partial charge is 0.444 e. The van der Waals surface area contributed by atoms with Crippen LogP contribution < -0.4 is 10.5 Å². The van der Waals surface area contributed by atoms with E-state index in [0.717, 1.165) is 12.8 Å². The van der Waals surface area contributed by atoms with Crippen molar-refractivity contribution in [2.75, 3.05) is 18.4 Å². The van der Waals surface area contributed by atoms with Crippen molar-refractivity contribution in [3.63, 3.8) is 0 Å². The van der Waals surface area contributed by atoms with Crippen molar-refractivity contribution in [2.24, 2.45) is 11.1 Å². The number of pyridine rings is 1. The standard InChI is InChI=1S/C18H30N4O4S/c1-17(2,3)26-16(23)22-12-13(11-18(22,4)5)9-10-20-14-7-6-8-15(21-14)27(19,24)25/h6-8,13H,9-12H2,1-5H3,(H,20,21)(H2,19,24,25)/t13-/m0/s1. The molecule has 0 unspecified atom stereocenters. The summed E-state index contributed by atoms with van der Waals surface area (Å²) in [6.45, 7) is 10.9. The fourth-order valence-electron chi connectivity index (χ4n) is 3.29. The quantitative estimate of drug-likeness (QED) is 0.788. The van der Waals surface area contributed by atoms with Gasteiger partial charge in [-0.3, -0.25) is 0 Å². The van der Waals surface area contributed by atoms with Crippen LogP contribution in [0.4, 0.5) is 10.6 Å². The van der Waals surface area contributed by atoms with E-state index in [1.54, 1.807) is 17.0 Å². The number of hydrogen-bond donors (Lipinski definition) is 2. The van der Waals surface area contributed by atoms with Gasteiger partial charge >= 0.3 is 6.09 Å². The fraction of sp³-hybridized carbons (Fsp3) is 0.667. The van der Waals surface area contributed by atoms with E-state index in [1.807, 2.05) is 34.6 Å². The summed E-state index contributed by atoms with van der Waals surface area (Å²) in [6, 6.07) is 4.65. The van der Waals surface area contributed by atoms with E-state index in [0.29, 0.717) is 24.8 Å². The molecule has 1 atom stereocenters. The number of nitrogens with zero attached hydrogens (tertiary/aromatic N) is 2. The van der Waals surface area contributed by atoms with Gasteiger partial charge in [0.05, 0.1) is 0 Å². The zero-order valence-corrected chi connectivity index (χ0v) is 17.5. The van der Waals surface area contributed by atoms with Gasteiger partial charge in [-0.2, -0.15) is 0 Å². The maximum absolute atomic E-state index is 12.5. The summed E-state index contributed by atoms with van der Waals surface area (Å²) in [4.78, 5) is 18.3. The Balaban J connectivity index is 1.91. The maximum Gasteiger partial charge on any atom is 0.410 e. The number of carbonyl (C=O) groups excluding carboxylic acids is 1. The lowest BCUT2D eigenvalue weighted by atomic mass is 9.94. The number of amides is 1. The molecule has 3 N–H and O–H groups in total. The van der Waals surface area contributed by atoms with Gasteiger partial charge in [0.2, 0.25) is 0 Å². The second-order valence-corrected chi connectivity index (χ2v) is 10.1. The molecule has 0 aromatic carbocycles. The molecule has 1 saturated heterocycles. The fourth-order valence-corrected chi connectivity index (χ4v) is 3.79. The average Bonchev–Trinajstić information content (AvgIpc) is 2.80. The molecule has 1 aliphatic rings. The summed E-state index contributed by atoms with van der Waals surface area (Å²) >= 11 is 0. The number of aromatic nitrogens is 1. The van der Waals surface area contributed by atoms with Crippen LogP contribution in [0.3, 0.4) is 0 Å². The molecule has 8 nitrogen and oxygen atoms in total. The Morgan fingerprint density at radius 3 is 2.67 bits per heavy atom. The predicted molar refractivity (Wildman–Crippen MR) is 104 cm³/mol. The first-order chi connectivity index (χ1) is 12.3. The second-order valence-electron chi connectivity index (χ2n) is 8.60. The van der Waals surface area contributed by atoms with Crippen LogP contribution in [0.25, 0.3) is 0 Å². The van der Waals surface area contributed by atoms with Crippen molar-refractivity contribution in [1.82, 2.24) is 9.88 Å². The number of rotatable bonds is 5. The SMILES string of the molecule is CC(C)(C)OC(=O)N1C[C@@H](CCNc2cccc(S(N)(=O)=O)n2)CC1(C)C. The van der Waals surface area contributed by atoms with Crippen molar-refractivity contribution >= 4 is 21.9 Å². The second kappa shape index (κ2) is 7.63. The Morgan fingerprint density at radius 2 is 2.07 bits per heavy atom. The smallest absolute Gasteiger partial charge is 0.410 e. The molecule has 1 aliphatic heterocycles. The van der Waals surface area contributed by atoms with Crippen molar-refractivity contribution in [2.45, 2.75) is 63.6 Å². The number of likely N-dealkylation sites (tertiary alicyclic amines) is 1. The van der Waals surface area contributed by atoms with Crippen LogP contribution >= 0.6 is 0 Å². The number of sulfonamides is 1. The number of hydrogen-bond acceptors (Lipinski definition) is 6. The summed E-state index contributed by atoms with van der Waals surface area (Å²) in [5, 5.41) is 8.07. The number of carbonyl (C=O) groups is 1. The summed E-state index contributed by atoms with van der Waals surface area (Å²) < 4.78 is 28.3. The van der Waals surface area contributed by atoms with E-state index in [4.69, 9.17) is 9.88 Å². The summed E-state index contributed by atoms with van der Waals surface area (Å²) in [7, 11) is -3.82. The first kappa shape index (κ1) is 21.4. The minimum Gasteiger partial charge on any atom is -0.444 e. The molecular formula is C18H30N4O4S. The van der Waals surface area contributed by atoms with Crippen LogP contribution in [0.15, 0.2) is 23.2 Å². The molecule has 0 spiro atoms. The van der Waals surface area contributed by atoms with Crippen LogP contribution in [0, 0.1) is 5.92 Å². The van der Waals surface area contributed by atoms with Crippen molar-refractivity contribution in [1.29, 1.82) is 0 Å². The third-order valence-electron chi connectivity index (χ3n) is 4.45. The van der Waals surface area contributed by atoms with Gasteiger partial charge in [0.1, 0.15) is 11.4 Å². The van der Waals surface area contributed by atoms with Gasteiger partial charge in [0.25, 0.3) is 10.0 Å². The first-order valence-electron chi connectivity index (χ1n) is 9.02. The van der Waals surface area contributed by atoms with E-state index < -0.39 is 15.6 Å². The summed E-state index contributed by atoms with van der Waals surface area (Å²) in [6.07, 6.45) is 1.41. The van der Waals surface area contributed by atoms with E-state index in [2.05, 4.69) is 10.3 Å². The molecule has 0 aliphatic carbocycles. The minimum absolute atomic E-state index is 0.161. The lowest BCUT2D eigenvalue weighted by molar-refractivity contribution is 0.0131. The molecule has 0 radical (unpaired) electrons. The third kappa shape index (κ3) is 6.07. The molecule has 2 heterocycles. The van der Waals surface area contributed by atoms with E-state index in [-0.39, 0.29) is 16.7 Å².